The van der Waals surface area contributed by atoms with Crippen LogP contribution in [-0.4, -0.2) is 23.2 Å². The summed E-state index contributed by atoms with van der Waals surface area (Å²) < 4.78 is 40.0. The van der Waals surface area contributed by atoms with Gasteiger partial charge in [-0.3, -0.25) is 4.90 Å². The molecule has 0 aliphatic rings. The minimum atomic E-state index is -1.87. The number of methoxy groups -OCH3 is 1. The second-order valence-electron chi connectivity index (χ2n) is 8.97. The zero-order valence-electron chi connectivity index (χ0n) is 20.7. The van der Waals surface area contributed by atoms with Gasteiger partial charge < -0.3 is 14.3 Å². The van der Waals surface area contributed by atoms with E-state index in [2.05, 4.69) is 18.7 Å². The smallest absolute Gasteiger partial charge is 0.173 e. The molecule has 0 unspecified atom stereocenters. The Morgan fingerprint density at radius 2 is 1.53 bits per heavy atom. The molecule has 6 heteroatoms. The van der Waals surface area contributed by atoms with E-state index in [0.717, 1.165) is 17.7 Å². The Morgan fingerprint density at radius 3 is 2.11 bits per heavy atom. The average Bonchev–Trinajstić information content (AvgIpc) is 3.36. The van der Waals surface area contributed by atoms with Crippen LogP contribution in [0.5, 0.6) is 5.75 Å². The molecule has 0 bridgehead atoms. The molecule has 1 atom stereocenters. The molecule has 0 saturated carbocycles. The first-order chi connectivity index (χ1) is 17.3. The van der Waals surface area contributed by atoms with Gasteiger partial charge in [0.1, 0.15) is 28.9 Å². The third-order valence-electron chi connectivity index (χ3n) is 6.64. The summed E-state index contributed by atoms with van der Waals surface area (Å²) in [6.07, 6.45) is 0.930. The number of ether oxygens (including phenoxy) is 1. The second kappa shape index (κ2) is 11.1. The molecule has 36 heavy (non-hydrogen) atoms. The predicted octanol–water partition coefficient (Wildman–Crippen LogP) is 6.65. The van der Waals surface area contributed by atoms with Crippen molar-refractivity contribution in [3.05, 3.63) is 125 Å². The molecule has 0 saturated heterocycles. The number of aliphatic hydroxyl groups is 1. The van der Waals surface area contributed by atoms with E-state index < -0.39 is 17.2 Å². The van der Waals surface area contributed by atoms with E-state index in [0.29, 0.717) is 18.8 Å². The Kier molecular flexibility index (Phi) is 7.87. The van der Waals surface area contributed by atoms with E-state index in [4.69, 9.17) is 9.15 Å². The summed E-state index contributed by atoms with van der Waals surface area (Å²) in [5.41, 5.74) is -0.307. The summed E-state index contributed by atoms with van der Waals surface area (Å²) in [5, 5.41) is 11.9. The molecule has 4 rings (SSSR count). The molecule has 0 radical (unpaired) electrons. The van der Waals surface area contributed by atoms with Crippen molar-refractivity contribution >= 4 is 0 Å². The molecule has 1 heterocycles. The van der Waals surface area contributed by atoms with Crippen LogP contribution in [0.3, 0.4) is 0 Å². The summed E-state index contributed by atoms with van der Waals surface area (Å²) in [7, 11) is 1.66. The van der Waals surface area contributed by atoms with Crippen molar-refractivity contribution in [1.29, 1.82) is 0 Å². The van der Waals surface area contributed by atoms with E-state index in [-0.39, 0.29) is 22.9 Å². The molecule has 188 valence electrons. The lowest BCUT2D eigenvalue weighted by molar-refractivity contribution is 0.0928. The number of nitrogens with zero attached hydrogens (tertiary/aromatic N) is 1. The minimum absolute atomic E-state index is 0.190. The molecular formula is C30H31F2NO3. The third kappa shape index (κ3) is 5.35. The lowest BCUT2D eigenvalue weighted by atomic mass is 9.84. The van der Waals surface area contributed by atoms with Gasteiger partial charge >= 0.3 is 0 Å². The number of benzene rings is 3. The van der Waals surface area contributed by atoms with Crippen LogP contribution in [0.1, 0.15) is 48.5 Å². The third-order valence-corrected chi connectivity index (χ3v) is 6.64. The zero-order chi connectivity index (χ0) is 25.7. The van der Waals surface area contributed by atoms with Crippen molar-refractivity contribution in [2.24, 2.45) is 0 Å². The summed E-state index contributed by atoms with van der Waals surface area (Å²) in [6.45, 7) is 5.40. The van der Waals surface area contributed by atoms with E-state index >= 15 is 0 Å². The molecule has 0 aliphatic carbocycles. The second-order valence-corrected chi connectivity index (χ2v) is 8.97. The van der Waals surface area contributed by atoms with Crippen molar-refractivity contribution in [2.75, 3.05) is 7.11 Å². The van der Waals surface area contributed by atoms with E-state index in [1.54, 1.807) is 31.4 Å². The number of rotatable bonds is 10. The fourth-order valence-electron chi connectivity index (χ4n) is 4.41. The Balaban J connectivity index is 1.70. The van der Waals surface area contributed by atoms with E-state index in [9.17, 15) is 13.9 Å². The summed E-state index contributed by atoms with van der Waals surface area (Å²) in [5.74, 6) is 0.627. The fourth-order valence-corrected chi connectivity index (χ4v) is 4.41. The molecule has 1 N–H and O–H groups in total. The monoisotopic (exact) mass is 491 g/mol. The standard InChI is InChI=1S/C30H31F2NO3/c1-4-21(2)33(19-22-9-5-6-14-28(22)35-3)20-27-15-16-29(36-27)30(34,23-10-7-12-25(31)17-23)24-11-8-13-26(32)18-24/h5-18,21,34H,4,19-20H2,1-3H3/t21-/m1/s1. The molecular weight excluding hydrogens is 460 g/mol. The van der Waals surface area contributed by atoms with Gasteiger partial charge in [-0.15, -0.1) is 0 Å². The van der Waals surface area contributed by atoms with Gasteiger partial charge in [0.2, 0.25) is 0 Å². The number of hydrogen-bond donors (Lipinski definition) is 1. The van der Waals surface area contributed by atoms with Gasteiger partial charge in [0, 0.05) is 18.2 Å². The van der Waals surface area contributed by atoms with Crippen LogP contribution >= 0.6 is 0 Å². The molecule has 0 spiro atoms. The predicted molar refractivity (Wildman–Crippen MR) is 136 cm³/mol. The molecule has 0 fully saturated rings. The van der Waals surface area contributed by atoms with E-state index in [1.165, 1.54) is 36.4 Å². The van der Waals surface area contributed by atoms with Gasteiger partial charge in [-0.05, 0) is 66.9 Å². The highest BCUT2D eigenvalue weighted by Crippen LogP contribution is 2.38. The van der Waals surface area contributed by atoms with Crippen molar-refractivity contribution in [2.45, 2.75) is 45.0 Å². The van der Waals surface area contributed by atoms with Crippen molar-refractivity contribution in [3.63, 3.8) is 0 Å². The van der Waals surface area contributed by atoms with Gasteiger partial charge in [0.15, 0.2) is 5.60 Å². The lowest BCUT2D eigenvalue weighted by Crippen LogP contribution is -2.31. The van der Waals surface area contributed by atoms with Gasteiger partial charge in [0.05, 0.1) is 13.7 Å². The Labute approximate surface area is 210 Å². The maximum Gasteiger partial charge on any atom is 0.173 e. The molecule has 3 aromatic carbocycles. The van der Waals surface area contributed by atoms with Gasteiger partial charge in [-0.1, -0.05) is 49.4 Å². The maximum absolute atomic E-state index is 14.1. The highest BCUT2D eigenvalue weighted by atomic mass is 19.1. The topological polar surface area (TPSA) is 45.8 Å². The van der Waals surface area contributed by atoms with Gasteiger partial charge in [-0.25, -0.2) is 8.78 Å². The fraction of sp³-hybridized carbons (Fsp3) is 0.267. The Morgan fingerprint density at radius 1 is 0.889 bits per heavy atom. The maximum atomic E-state index is 14.1. The van der Waals surface area contributed by atoms with Crippen LogP contribution in [0.15, 0.2) is 89.3 Å². The number of halogens is 2. The van der Waals surface area contributed by atoms with Crippen LogP contribution in [-0.2, 0) is 18.7 Å². The van der Waals surface area contributed by atoms with Crippen LogP contribution in [0.4, 0.5) is 8.78 Å². The van der Waals surface area contributed by atoms with Crippen molar-refractivity contribution in [3.8, 4) is 5.75 Å². The SMILES string of the molecule is CC[C@@H](C)N(Cc1ccc(C(O)(c2cccc(F)c2)c2cccc(F)c2)o1)Cc1ccccc1OC. The first-order valence-corrected chi connectivity index (χ1v) is 12.0. The Bertz CT molecular complexity index is 1260. The van der Waals surface area contributed by atoms with Gasteiger partial charge in [-0.2, -0.15) is 0 Å². The number of para-hydroxylation sites is 1. The lowest BCUT2D eigenvalue weighted by Gasteiger charge is -2.29. The first-order valence-electron chi connectivity index (χ1n) is 12.0. The van der Waals surface area contributed by atoms with Crippen molar-refractivity contribution in [1.82, 2.24) is 4.90 Å². The van der Waals surface area contributed by atoms with Crippen molar-refractivity contribution < 1.29 is 23.0 Å². The molecule has 4 nitrogen and oxygen atoms in total. The zero-order valence-corrected chi connectivity index (χ0v) is 20.7. The van der Waals surface area contributed by atoms with Crippen LogP contribution in [0.25, 0.3) is 0 Å². The van der Waals surface area contributed by atoms with E-state index in [1.807, 2.05) is 24.3 Å². The molecule has 0 aliphatic heterocycles. The summed E-state index contributed by atoms with van der Waals surface area (Å²) in [4.78, 5) is 2.27. The summed E-state index contributed by atoms with van der Waals surface area (Å²) >= 11 is 0. The van der Waals surface area contributed by atoms with Crippen LogP contribution < -0.4 is 4.74 Å². The molecule has 1 aromatic heterocycles. The molecule has 4 aromatic rings. The van der Waals surface area contributed by atoms with Crippen LogP contribution in [0.2, 0.25) is 0 Å². The Hall–Kier alpha value is -3.48. The quantitative estimate of drug-likeness (QED) is 0.270. The largest absolute Gasteiger partial charge is 0.496 e. The normalized spacial score (nSPS) is 12.6. The first kappa shape index (κ1) is 25.6. The minimum Gasteiger partial charge on any atom is -0.496 e. The van der Waals surface area contributed by atoms with Crippen LogP contribution in [0, 0.1) is 11.6 Å². The van der Waals surface area contributed by atoms with Gasteiger partial charge in [0.25, 0.3) is 0 Å². The highest BCUT2D eigenvalue weighted by molar-refractivity contribution is 5.44. The molecule has 0 amide bonds. The highest BCUT2D eigenvalue weighted by Gasteiger charge is 2.38. The number of furan rings is 1. The number of hydrogen-bond acceptors (Lipinski definition) is 4. The summed E-state index contributed by atoms with van der Waals surface area (Å²) in [6, 6.07) is 22.9. The average molecular weight is 492 g/mol.